The Balaban J connectivity index is 0.659. The Morgan fingerprint density at radius 1 is 0.893 bits per heavy atom. The van der Waals surface area contributed by atoms with Crippen LogP contribution in [0.3, 0.4) is 0 Å². The molecule has 21 heteroatoms. The number of aromatic nitrogens is 5. The number of aromatic hydroxyl groups is 1. The predicted molar refractivity (Wildman–Crippen MR) is 286 cm³/mol. The molecule has 6 atom stereocenters. The van der Waals surface area contributed by atoms with Crippen LogP contribution in [0.2, 0.25) is 0 Å². The molecular formula is C54H67N13O7S. The fraction of sp³-hybridized carbons (Fsp3) is 0.463. The van der Waals surface area contributed by atoms with Crippen molar-refractivity contribution in [3.63, 3.8) is 0 Å². The molecule has 4 aromatic heterocycles. The number of anilines is 3. The number of aryl methyl sites for hydroxylation is 1. The number of pyridine rings is 1. The number of rotatable bonds is 19. The number of hydrogen-bond acceptors (Lipinski definition) is 19. The molecule has 4 fully saturated rings. The number of para-hydroxylation sites is 1. The molecule has 8 heterocycles. The zero-order valence-electron chi connectivity index (χ0n) is 42.7. The molecule has 2 unspecified atom stereocenters. The first-order valence-corrected chi connectivity index (χ1v) is 26.9. The standard InChI is InChI=1S/C54H67N13O7S/c1-33(2)50(54(71)66-31-40(68)25-45(66)53(70)59-43(28-55)35-8-10-36(11-9-35)51-34(3)58-32-75-51)47-27-49(62-74-47)73-23-21-64-18-16-63(17-19-64)20-22-72-48-24-37(14-15-57-48)67-38-12-13-39(67)30-65(29-38)44-26-42(60-61-52(44)56)41-6-4-5-7-46(41)69/h4-11,14-15,24,26-27,32-33,38-40,43,45,50,68-69H,12-13,16-23,25,28-31,55H2,1-3H3,(H2,56,61)(H,59,70)/t38?,39?,40-,43+,45+,50-/m1/s1. The van der Waals surface area contributed by atoms with Crippen molar-refractivity contribution in [2.75, 3.05) is 94.2 Å². The number of amides is 2. The Morgan fingerprint density at radius 2 is 1.60 bits per heavy atom. The lowest BCUT2D eigenvalue weighted by molar-refractivity contribution is -0.141. The molecule has 7 N–H and O–H groups in total. The van der Waals surface area contributed by atoms with Gasteiger partial charge in [-0.05, 0) is 66.2 Å². The number of benzene rings is 2. The average Bonchev–Trinajstić information content (AvgIpc) is 4.22. The first-order valence-electron chi connectivity index (χ1n) is 26.0. The lowest BCUT2D eigenvalue weighted by atomic mass is 9.91. The number of hydrogen-bond donors (Lipinski definition) is 5. The highest BCUT2D eigenvalue weighted by Crippen LogP contribution is 2.40. The van der Waals surface area contributed by atoms with Crippen molar-refractivity contribution >= 4 is 40.3 Å². The third kappa shape index (κ3) is 11.5. The molecule has 4 aliphatic heterocycles. The summed E-state index contributed by atoms with van der Waals surface area (Å²) in [6, 6.07) is 21.9. The zero-order valence-corrected chi connectivity index (χ0v) is 43.5. The Kier molecular flexibility index (Phi) is 15.8. The number of aliphatic hydroxyl groups is 1. The van der Waals surface area contributed by atoms with Crippen LogP contribution in [0.4, 0.5) is 17.2 Å². The summed E-state index contributed by atoms with van der Waals surface area (Å²) in [5.74, 6) is 0.130. The van der Waals surface area contributed by atoms with Gasteiger partial charge in [0.25, 0.3) is 5.88 Å². The monoisotopic (exact) mass is 1040 g/mol. The number of carbonyl (C=O) groups excluding carboxylic acids is 2. The van der Waals surface area contributed by atoms with E-state index in [1.54, 1.807) is 29.5 Å². The van der Waals surface area contributed by atoms with E-state index in [-0.39, 0.29) is 61.0 Å². The smallest absolute Gasteiger partial charge is 0.254 e. The van der Waals surface area contributed by atoms with Crippen LogP contribution in [-0.4, -0.2) is 165 Å². The first-order chi connectivity index (χ1) is 36.4. The fourth-order valence-corrected chi connectivity index (χ4v) is 11.9. The van der Waals surface area contributed by atoms with E-state index in [1.165, 1.54) is 4.90 Å². The molecule has 2 aromatic carbocycles. The molecule has 0 aliphatic carbocycles. The van der Waals surface area contributed by atoms with Gasteiger partial charge in [-0.15, -0.1) is 21.5 Å². The van der Waals surface area contributed by atoms with E-state index in [2.05, 4.69) is 62.4 Å². The number of nitrogens with two attached hydrogens (primary N) is 2. The first kappa shape index (κ1) is 51.6. The Morgan fingerprint density at radius 3 is 2.27 bits per heavy atom. The van der Waals surface area contributed by atoms with Crippen LogP contribution in [0.5, 0.6) is 17.5 Å². The minimum atomic E-state index is -0.884. The van der Waals surface area contributed by atoms with Gasteiger partial charge in [0.05, 0.1) is 39.6 Å². The summed E-state index contributed by atoms with van der Waals surface area (Å²) in [5, 5.41) is 36.9. The molecule has 0 saturated carbocycles. The van der Waals surface area contributed by atoms with Crippen molar-refractivity contribution in [3.8, 4) is 39.2 Å². The topological polar surface area (TPSA) is 251 Å². The third-order valence-electron chi connectivity index (χ3n) is 15.1. The maximum Gasteiger partial charge on any atom is 0.254 e. The van der Waals surface area contributed by atoms with Crippen molar-refractivity contribution in [1.82, 2.24) is 45.3 Å². The van der Waals surface area contributed by atoms with Crippen LogP contribution in [0.15, 0.2) is 89.0 Å². The summed E-state index contributed by atoms with van der Waals surface area (Å²) in [6.07, 6.45) is 3.20. The van der Waals surface area contributed by atoms with E-state index in [1.807, 2.05) is 74.9 Å². The molecule has 4 saturated heterocycles. The number of nitrogens with one attached hydrogen (secondary N) is 1. The number of phenols is 1. The van der Waals surface area contributed by atoms with E-state index in [4.69, 9.17) is 25.5 Å². The second kappa shape index (κ2) is 22.9. The number of nitrogen functional groups attached to an aromatic ring is 1. The molecule has 6 aromatic rings. The van der Waals surface area contributed by atoms with E-state index in [0.717, 1.165) is 91.7 Å². The second-order valence-corrected chi connectivity index (χ2v) is 21.2. The van der Waals surface area contributed by atoms with Crippen LogP contribution >= 0.6 is 11.3 Å². The number of aliphatic hydroxyl groups excluding tert-OH is 1. The molecule has 396 valence electrons. The number of piperazine rings is 2. The minimum Gasteiger partial charge on any atom is -0.507 e. The van der Waals surface area contributed by atoms with Gasteiger partial charge in [-0.1, -0.05) is 50.2 Å². The predicted octanol–water partition coefficient (Wildman–Crippen LogP) is 4.70. The highest BCUT2D eigenvalue weighted by molar-refractivity contribution is 7.13. The maximum absolute atomic E-state index is 14.3. The van der Waals surface area contributed by atoms with Crippen molar-refractivity contribution in [2.24, 2.45) is 11.7 Å². The van der Waals surface area contributed by atoms with Gasteiger partial charge in [0.15, 0.2) is 11.6 Å². The summed E-state index contributed by atoms with van der Waals surface area (Å²) in [6.45, 7) is 13.5. The van der Waals surface area contributed by atoms with Gasteiger partial charge in [-0.3, -0.25) is 19.4 Å². The van der Waals surface area contributed by atoms with E-state index in [0.29, 0.717) is 48.5 Å². The number of phenolic OH excluding ortho intramolecular Hbond substituents is 1. The number of β-amino-alcohol motifs (C(OH)–C–C–N with tert-alkyl or cyclic N) is 1. The van der Waals surface area contributed by atoms with Gasteiger partial charge in [-0.25, -0.2) is 9.97 Å². The van der Waals surface area contributed by atoms with Crippen LogP contribution < -0.4 is 36.1 Å². The normalized spacial score (nSPS) is 20.9. The summed E-state index contributed by atoms with van der Waals surface area (Å²) in [7, 11) is 0. The van der Waals surface area contributed by atoms with Crippen molar-refractivity contribution in [1.29, 1.82) is 0 Å². The van der Waals surface area contributed by atoms with Crippen LogP contribution in [0.1, 0.15) is 62.1 Å². The highest BCUT2D eigenvalue weighted by Gasteiger charge is 2.44. The second-order valence-electron chi connectivity index (χ2n) is 20.3. The third-order valence-corrected chi connectivity index (χ3v) is 16.1. The minimum absolute atomic E-state index is 0.0230. The SMILES string of the molecule is Cc1ncsc1-c1ccc([C@H](CN)NC(=O)[C@@H]2C[C@@H](O)CN2C(=O)[C@@H](c2cc(OCCN3CCN(CCOc4cc(N5C6CCC5CN(c5cc(-c7ccccc7O)nnc5N)C6)ccn4)CC3)no2)C(C)C)cc1. The van der Waals surface area contributed by atoms with Crippen LogP contribution in [-0.2, 0) is 9.59 Å². The molecule has 2 bridgehead atoms. The Hall–Kier alpha value is -6.91. The van der Waals surface area contributed by atoms with Crippen molar-refractivity contribution in [3.05, 3.63) is 102 Å². The number of thiazole rings is 1. The molecule has 2 amide bonds. The summed E-state index contributed by atoms with van der Waals surface area (Å²) < 4.78 is 18.0. The number of ether oxygens (including phenoxy) is 2. The molecule has 4 aliphatic rings. The molecule has 0 spiro atoms. The summed E-state index contributed by atoms with van der Waals surface area (Å²) in [5.41, 5.74) is 20.3. The Bertz CT molecular complexity index is 2900. The molecule has 10 rings (SSSR count). The van der Waals surface area contributed by atoms with Crippen molar-refractivity contribution in [2.45, 2.75) is 76.2 Å². The number of nitrogens with zero attached hydrogens (tertiary/aromatic N) is 10. The molecular weight excluding hydrogens is 975 g/mol. The number of carbonyl (C=O) groups is 2. The molecule has 20 nitrogen and oxygen atoms in total. The van der Waals surface area contributed by atoms with Gasteiger partial charge in [-0.2, -0.15) is 0 Å². The highest BCUT2D eigenvalue weighted by atomic mass is 32.1. The van der Waals surface area contributed by atoms with Gasteiger partial charge in [0.2, 0.25) is 17.7 Å². The number of fused-ring (bicyclic) bond motifs is 2. The van der Waals surface area contributed by atoms with Gasteiger partial charge in [0.1, 0.15) is 30.9 Å². The quantitative estimate of drug-likeness (QED) is 0.0738. The van der Waals surface area contributed by atoms with E-state index < -0.39 is 24.1 Å². The van der Waals surface area contributed by atoms with Crippen molar-refractivity contribution < 1.29 is 33.8 Å². The van der Waals surface area contributed by atoms with Crippen LogP contribution in [0, 0.1) is 12.8 Å². The van der Waals surface area contributed by atoms with E-state index >= 15 is 0 Å². The lowest BCUT2D eigenvalue weighted by Crippen LogP contribution is -2.54. The van der Waals surface area contributed by atoms with Crippen LogP contribution in [0.25, 0.3) is 21.7 Å². The van der Waals surface area contributed by atoms with Gasteiger partial charge >= 0.3 is 0 Å². The maximum atomic E-state index is 14.3. The summed E-state index contributed by atoms with van der Waals surface area (Å²) >= 11 is 1.57. The average molecular weight is 1040 g/mol. The molecule has 0 radical (unpaired) electrons. The Labute approximate surface area is 440 Å². The largest absolute Gasteiger partial charge is 0.507 e. The van der Waals surface area contributed by atoms with Gasteiger partial charge in [0, 0.05) is 114 Å². The van der Waals surface area contributed by atoms with Gasteiger partial charge < -0.3 is 55.7 Å². The number of likely N-dealkylation sites (tertiary alicyclic amines) is 1. The fourth-order valence-electron chi connectivity index (χ4n) is 11.1. The summed E-state index contributed by atoms with van der Waals surface area (Å²) in [4.78, 5) is 49.1. The molecule has 75 heavy (non-hydrogen) atoms. The zero-order chi connectivity index (χ0) is 52.2. The lowest BCUT2D eigenvalue weighted by Gasteiger charge is -2.43. The van der Waals surface area contributed by atoms with E-state index in [9.17, 15) is 19.8 Å².